The Hall–Kier alpha value is -2.67. The van der Waals surface area contributed by atoms with Gasteiger partial charge < -0.3 is 4.74 Å². The number of fused-ring (bicyclic) bond motifs is 1. The number of pyridine rings is 1. The second kappa shape index (κ2) is 7.06. The van der Waals surface area contributed by atoms with Crippen molar-refractivity contribution in [3.8, 4) is 5.75 Å². The van der Waals surface area contributed by atoms with Crippen LogP contribution in [0.1, 0.15) is 23.4 Å². The number of hydrogen-bond acceptors (Lipinski definition) is 5. The van der Waals surface area contributed by atoms with Gasteiger partial charge in [0.2, 0.25) is 0 Å². The monoisotopic (exact) mass is 338 g/mol. The van der Waals surface area contributed by atoms with Crippen LogP contribution in [-0.2, 0) is 19.6 Å². The SMILES string of the molecule is Cc1ccc(OC[C@@H]2CCn3nccc3CN2Cc2cn[nH]c2)cn1. The van der Waals surface area contributed by atoms with E-state index in [4.69, 9.17) is 4.74 Å². The summed E-state index contributed by atoms with van der Waals surface area (Å²) in [6.07, 6.45) is 8.48. The molecule has 130 valence electrons. The van der Waals surface area contributed by atoms with E-state index < -0.39 is 0 Å². The Bertz CT molecular complexity index is 795. The fraction of sp³-hybridized carbons (Fsp3) is 0.389. The summed E-state index contributed by atoms with van der Waals surface area (Å²) >= 11 is 0. The first kappa shape index (κ1) is 15.8. The first-order valence-electron chi connectivity index (χ1n) is 8.56. The lowest BCUT2D eigenvalue weighted by atomic mass is 10.1. The molecule has 0 saturated heterocycles. The summed E-state index contributed by atoms with van der Waals surface area (Å²) in [5.74, 6) is 0.816. The minimum absolute atomic E-state index is 0.304. The summed E-state index contributed by atoms with van der Waals surface area (Å²) in [5.41, 5.74) is 3.41. The van der Waals surface area contributed by atoms with E-state index >= 15 is 0 Å². The molecule has 25 heavy (non-hydrogen) atoms. The van der Waals surface area contributed by atoms with Gasteiger partial charge in [0, 0.05) is 49.3 Å². The maximum absolute atomic E-state index is 6.02. The molecule has 4 rings (SSSR count). The number of aryl methyl sites for hydroxylation is 2. The smallest absolute Gasteiger partial charge is 0.137 e. The summed E-state index contributed by atoms with van der Waals surface area (Å²) in [6.45, 7) is 5.20. The minimum atomic E-state index is 0.304. The molecule has 0 amide bonds. The third-order valence-corrected chi connectivity index (χ3v) is 4.63. The molecule has 0 radical (unpaired) electrons. The number of hydrogen-bond donors (Lipinski definition) is 1. The second-order valence-electron chi connectivity index (χ2n) is 6.45. The van der Waals surface area contributed by atoms with Gasteiger partial charge in [0.15, 0.2) is 0 Å². The number of aromatic amines is 1. The lowest BCUT2D eigenvalue weighted by molar-refractivity contribution is 0.118. The molecule has 0 unspecified atom stereocenters. The molecule has 1 aliphatic rings. The van der Waals surface area contributed by atoms with Crippen molar-refractivity contribution < 1.29 is 4.74 Å². The fourth-order valence-corrected chi connectivity index (χ4v) is 3.19. The fourth-order valence-electron chi connectivity index (χ4n) is 3.19. The topological polar surface area (TPSA) is 71.9 Å². The third-order valence-electron chi connectivity index (χ3n) is 4.63. The van der Waals surface area contributed by atoms with E-state index in [0.29, 0.717) is 12.6 Å². The molecule has 3 aromatic heterocycles. The van der Waals surface area contributed by atoms with Crippen LogP contribution < -0.4 is 4.74 Å². The van der Waals surface area contributed by atoms with Crippen LogP contribution in [-0.4, -0.2) is 42.5 Å². The Kier molecular flexibility index (Phi) is 4.47. The van der Waals surface area contributed by atoms with Gasteiger partial charge in [-0.05, 0) is 31.5 Å². The maximum atomic E-state index is 6.02. The lowest BCUT2D eigenvalue weighted by Gasteiger charge is -2.29. The highest BCUT2D eigenvalue weighted by Gasteiger charge is 2.25. The number of ether oxygens (including phenoxy) is 1. The average molecular weight is 338 g/mol. The molecule has 0 aliphatic carbocycles. The second-order valence-corrected chi connectivity index (χ2v) is 6.45. The first-order valence-corrected chi connectivity index (χ1v) is 8.56. The van der Waals surface area contributed by atoms with Crippen LogP contribution in [0.3, 0.4) is 0 Å². The van der Waals surface area contributed by atoms with Gasteiger partial charge in [-0.3, -0.25) is 19.7 Å². The van der Waals surface area contributed by atoms with Crippen molar-refractivity contribution in [2.24, 2.45) is 0 Å². The van der Waals surface area contributed by atoms with Crippen molar-refractivity contribution in [3.63, 3.8) is 0 Å². The lowest BCUT2D eigenvalue weighted by Crippen LogP contribution is -2.37. The largest absolute Gasteiger partial charge is 0.490 e. The summed E-state index contributed by atoms with van der Waals surface area (Å²) in [4.78, 5) is 6.74. The Labute approximate surface area is 146 Å². The molecule has 4 heterocycles. The highest BCUT2D eigenvalue weighted by molar-refractivity contribution is 5.19. The van der Waals surface area contributed by atoms with Gasteiger partial charge in [-0.15, -0.1) is 0 Å². The highest BCUT2D eigenvalue weighted by Crippen LogP contribution is 2.21. The average Bonchev–Trinajstić information content (AvgIpc) is 3.25. The van der Waals surface area contributed by atoms with Gasteiger partial charge in [0.25, 0.3) is 0 Å². The van der Waals surface area contributed by atoms with E-state index in [1.165, 1.54) is 11.3 Å². The van der Waals surface area contributed by atoms with E-state index in [2.05, 4.69) is 35.9 Å². The summed E-state index contributed by atoms with van der Waals surface area (Å²) < 4.78 is 8.12. The summed E-state index contributed by atoms with van der Waals surface area (Å²) in [6, 6.07) is 6.35. The molecule has 7 nitrogen and oxygen atoms in total. The van der Waals surface area contributed by atoms with Crippen molar-refractivity contribution in [3.05, 3.63) is 59.9 Å². The van der Waals surface area contributed by atoms with Crippen LogP contribution in [0.4, 0.5) is 0 Å². The van der Waals surface area contributed by atoms with Gasteiger partial charge in [0.1, 0.15) is 12.4 Å². The predicted molar refractivity (Wildman–Crippen MR) is 92.9 cm³/mol. The van der Waals surface area contributed by atoms with E-state index in [9.17, 15) is 0 Å². The summed E-state index contributed by atoms with van der Waals surface area (Å²) in [5, 5.41) is 11.4. The zero-order chi connectivity index (χ0) is 17.1. The number of nitrogens with zero attached hydrogens (tertiary/aromatic N) is 5. The molecule has 0 aromatic carbocycles. The Morgan fingerprint density at radius 1 is 1.28 bits per heavy atom. The molecule has 0 bridgehead atoms. The van der Waals surface area contributed by atoms with Gasteiger partial charge in [-0.2, -0.15) is 10.2 Å². The standard InChI is InChI=1S/C18H22N6O/c1-14-2-3-18(10-19-14)25-13-17-5-7-24-16(4-6-22-24)12-23(17)11-15-8-20-21-9-15/h2-4,6,8-10,17H,5,7,11-13H2,1H3,(H,20,21)/t17-/m0/s1. The zero-order valence-electron chi connectivity index (χ0n) is 14.3. The molecule has 1 atom stereocenters. The van der Waals surface area contributed by atoms with E-state index in [0.717, 1.165) is 37.5 Å². The van der Waals surface area contributed by atoms with Crippen LogP contribution in [0.15, 0.2) is 43.0 Å². The molecule has 1 N–H and O–H groups in total. The molecule has 7 heteroatoms. The Morgan fingerprint density at radius 2 is 2.24 bits per heavy atom. The van der Waals surface area contributed by atoms with Gasteiger partial charge in [-0.25, -0.2) is 0 Å². The van der Waals surface area contributed by atoms with Crippen molar-refractivity contribution in [2.45, 2.75) is 39.0 Å². The van der Waals surface area contributed by atoms with Crippen LogP contribution >= 0.6 is 0 Å². The zero-order valence-corrected chi connectivity index (χ0v) is 14.3. The molecule has 3 aromatic rings. The molecule has 0 fully saturated rings. The Balaban J connectivity index is 1.48. The Morgan fingerprint density at radius 3 is 3.04 bits per heavy atom. The third kappa shape index (κ3) is 3.71. The minimum Gasteiger partial charge on any atom is -0.490 e. The summed E-state index contributed by atoms with van der Waals surface area (Å²) in [7, 11) is 0. The molecule has 0 saturated carbocycles. The van der Waals surface area contributed by atoms with Crippen LogP contribution in [0, 0.1) is 6.92 Å². The van der Waals surface area contributed by atoms with Gasteiger partial charge >= 0.3 is 0 Å². The van der Waals surface area contributed by atoms with Crippen LogP contribution in [0.5, 0.6) is 5.75 Å². The normalized spacial score (nSPS) is 17.9. The van der Waals surface area contributed by atoms with Crippen molar-refractivity contribution >= 4 is 0 Å². The van der Waals surface area contributed by atoms with Crippen LogP contribution in [0.25, 0.3) is 0 Å². The van der Waals surface area contributed by atoms with Crippen molar-refractivity contribution in [1.82, 2.24) is 29.9 Å². The first-order chi connectivity index (χ1) is 12.3. The number of nitrogens with one attached hydrogen (secondary N) is 1. The molecular weight excluding hydrogens is 316 g/mol. The van der Waals surface area contributed by atoms with Gasteiger partial charge in [-0.1, -0.05) is 0 Å². The van der Waals surface area contributed by atoms with E-state index in [-0.39, 0.29) is 0 Å². The van der Waals surface area contributed by atoms with Crippen molar-refractivity contribution in [2.75, 3.05) is 6.61 Å². The number of rotatable bonds is 5. The molecular formula is C18H22N6O. The highest BCUT2D eigenvalue weighted by atomic mass is 16.5. The maximum Gasteiger partial charge on any atom is 0.137 e. The quantitative estimate of drug-likeness (QED) is 0.772. The van der Waals surface area contributed by atoms with Crippen LogP contribution in [0.2, 0.25) is 0 Å². The number of H-pyrrole nitrogens is 1. The van der Waals surface area contributed by atoms with E-state index in [1.807, 2.05) is 37.6 Å². The molecule has 1 aliphatic heterocycles. The molecule has 0 spiro atoms. The predicted octanol–water partition coefficient (Wildman–Crippen LogP) is 2.16. The number of aromatic nitrogens is 5. The van der Waals surface area contributed by atoms with Crippen molar-refractivity contribution in [1.29, 1.82) is 0 Å². The van der Waals surface area contributed by atoms with E-state index in [1.54, 1.807) is 6.20 Å². The van der Waals surface area contributed by atoms with Gasteiger partial charge in [0.05, 0.1) is 18.1 Å².